The number of hydrogen-bond acceptors (Lipinski definition) is 7. The minimum absolute atomic E-state index is 0.134. The first-order valence-corrected chi connectivity index (χ1v) is 10.4. The van der Waals surface area contributed by atoms with E-state index in [4.69, 9.17) is 4.74 Å². The highest BCUT2D eigenvalue weighted by Crippen LogP contribution is 2.19. The summed E-state index contributed by atoms with van der Waals surface area (Å²) in [5.74, 6) is -1.03. The molecule has 0 aliphatic heterocycles. The van der Waals surface area contributed by atoms with Crippen LogP contribution in [0.4, 0.5) is 5.13 Å². The number of nitrogens with zero attached hydrogens (tertiary/aromatic N) is 3. The normalized spacial score (nSPS) is 10.8. The van der Waals surface area contributed by atoms with Crippen molar-refractivity contribution < 1.29 is 14.3 Å². The zero-order valence-electron chi connectivity index (χ0n) is 16.3. The summed E-state index contributed by atoms with van der Waals surface area (Å²) in [4.78, 5) is 41.4. The van der Waals surface area contributed by atoms with Crippen LogP contribution in [0.2, 0.25) is 0 Å². The molecular weight excluding hydrogens is 392 g/mol. The predicted octanol–water partition coefficient (Wildman–Crippen LogP) is 3.47. The van der Waals surface area contributed by atoms with Crippen molar-refractivity contribution in [1.82, 2.24) is 14.8 Å². The van der Waals surface area contributed by atoms with Gasteiger partial charge >= 0.3 is 5.97 Å². The van der Waals surface area contributed by atoms with E-state index in [1.807, 2.05) is 0 Å². The Hall–Kier alpha value is -3.07. The van der Waals surface area contributed by atoms with Crippen molar-refractivity contribution in [2.75, 3.05) is 11.9 Å². The third kappa shape index (κ3) is 4.68. The molecule has 0 radical (unpaired) electrons. The highest BCUT2D eigenvalue weighted by Gasteiger charge is 2.19. The van der Waals surface area contributed by atoms with Crippen LogP contribution in [0.3, 0.4) is 0 Å². The van der Waals surface area contributed by atoms with Crippen molar-refractivity contribution >= 4 is 39.1 Å². The molecular formula is C20H22N4O4S. The van der Waals surface area contributed by atoms with Crippen molar-refractivity contribution in [3.63, 3.8) is 0 Å². The third-order valence-electron chi connectivity index (χ3n) is 4.27. The molecule has 29 heavy (non-hydrogen) atoms. The maximum absolute atomic E-state index is 12.9. The lowest BCUT2D eigenvalue weighted by Gasteiger charge is -2.10. The number of rotatable bonds is 8. The molecule has 152 valence electrons. The van der Waals surface area contributed by atoms with Gasteiger partial charge in [-0.25, -0.2) is 14.5 Å². The molecule has 1 N–H and O–H groups in total. The van der Waals surface area contributed by atoms with Crippen LogP contribution >= 0.6 is 11.3 Å². The predicted molar refractivity (Wildman–Crippen MR) is 112 cm³/mol. The summed E-state index contributed by atoms with van der Waals surface area (Å²) in [6.07, 6.45) is 2.79. The van der Waals surface area contributed by atoms with Crippen molar-refractivity contribution in [1.29, 1.82) is 0 Å². The fourth-order valence-electron chi connectivity index (χ4n) is 2.85. The van der Waals surface area contributed by atoms with Crippen LogP contribution in [0.5, 0.6) is 0 Å². The number of thiazole rings is 1. The molecule has 0 fully saturated rings. The van der Waals surface area contributed by atoms with Gasteiger partial charge in [-0.3, -0.25) is 14.9 Å². The number of aryl methyl sites for hydroxylation is 1. The van der Waals surface area contributed by atoms with Crippen molar-refractivity contribution in [3.05, 3.63) is 51.4 Å². The average molecular weight is 414 g/mol. The molecule has 1 amide bonds. The third-order valence-corrected chi connectivity index (χ3v) is 5.02. The Morgan fingerprint density at radius 2 is 1.93 bits per heavy atom. The second-order valence-electron chi connectivity index (χ2n) is 6.34. The summed E-state index contributed by atoms with van der Waals surface area (Å²) >= 11 is 1.12. The van der Waals surface area contributed by atoms with E-state index in [-0.39, 0.29) is 28.7 Å². The molecule has 9 heteroatoms. The zero-order valence-corrected chi connectivity index (χ0v) is 17.1. The Kier molecular flexibility index (Phi) is 6.71. The van der Waals surface area contributed by atoms with Crippen molar-refractivity contribution in [3.8, 4) is 0 Å². The Morgan fingerprint density at radius 3 is 2.66 bits per heavy atom. The Morgan fingerprint density at radius 1 is 1.17 bits per heavy atom. The molecule has 0 aliphatic rings. The minimum Gasteiger partial charge on any atom is -0.461 e. The van der Waals surface area contributed by atoms with Gasteiger partial charge in [-0.1, -0.05) is 38.0 Å². The summed E-state index contributed by atoms with van der Waals surface area (Å²) in [5, 5.41) is 9.67. The van der Waals surface area contributed by atoms with Crippen LogP contribution in [-0.4, -0.2) is 33.2 Å². The van der Waals surface area contributed by atoms with Gasteiger partial charge in [0.25, 0.3) is 11.5 Å². The fraction of sp³-hybridized carbons (Fsp3) is 0.350. The first-order valence-electron chi connectivity index (χ1n) is 9.49. The van der Waals surface area contributed by atoms with Crippen molar-refractivity contribution in [2.24, 2.45) is 0 Å². The Balaban J connectivity index is 1.91. The standard InChI is InChI=1S/C20H22N4O4S/c1-3-5-8-11-24-18(26)14-10-7-6-9-13(14)16(23-24)17(25)22-20-21-15(12-29-20)19(27)28-4-2/h6-7,9-10,12H,3-5,8,11H2,1-2H3,(H,21,22,25). The monoisotopic (exact) mass is 414 g/mol. The molecule has 0 spiro atoms. The Labute approximate surface area is 171 Å². The fourth-order valence-corrected chi connectivity index (χ4v) is 3.53. The molecule has 0 bridgehead atoms. The second-order valence-corrected chi connectivity index (χ2v) is 7.20. The van der Waals surface area contributed by atoms with Crippen LogP contribution in [-0.2, 0) is 11.3 Å². The molecule has 0 unspecified atom stereocenters. The number of aromatic nitrogens is 3. The van der Waals surface area contributed by atoms with E-state index in [0.29, 0.717) is 17.3 Å². The molecule has 0 atom stereocenters. The molecule has 0 saturated heterocycles. The van der Waals surface area contributed by atoms with Gasteiger partial charge in [0.2, 0.25) is 0 Å². The SMILES string of the molecule is CCCCCn1nc(C(=O)Nc2nc(C(=O)OCC)cs2)c2ccccc2c1=O. The lowest BCUT2D eigenvalue weighted by Crippen LogP contribution is -2.27. The largest absolute Gasteiger partial charge is 0.461 e. The van der Waals surface area contributed by atoms with Crippen LogP contribution < -0.4 is 10.9 Å². The summed E-state index contributed by atoms with van der Waals surface area (Å²) in [5.41, 5.74) is 0.0613. The number of carbonyl (C=O) groups is 2. The van der Waals surface area contributed by atoms with Gasteiger partial charge in [-0.2, -0.15) is 5.10 Å². The molecule has 2 heterocycles. The number of benzene rings is 1. The molecule has 0 aliphatic carbocycles. The van der Waals surface area contributed by atoms with E-state index in [2.05, 4.69) is 22.3 Å². The van der Waals surface area contributed by atoms with Gasteiger partial charge in [0, 0.05) is 17.3 Å². The summed E-state index contributed by atoms with van der Waals surface area (Å²) in [7, 11) is 0. The first kappa shape index (κ1) is 20.7. The lowest BCUT2D eigenvalue weighted by molar-refractivity contribution is 0.0520. The number of fused-ring (bicyclic) bond motifs is 1. The van der Waals surface area contributed by atoms with Gasteiger partial charge in [0.15, 0.2) is 16.5 Å². The maximum Gasteiger partial charge on any atom is 0.357 e. The van der Waals surface area contributed by atoms with Crippen LogP contribution in [0.1, 0.15) is 54.1 Å². The highest BCUT2D eigenvalue weighted by atomic mass is 32.1. The number of hydrogen-bond donors (Lipinski definition) is 1. The zero-order chi connectivity index (χ0) is 20.8. The first-order chi connectivity index (χ1) is 14.0. The quantitative estimate of drug-likeness (QED) is 0.447. The molecule has 0 saturated carbocycles. The highest BCUT2D eigenvalue weighted by molar-refractivity contribution is 7.14. The summed E-state index contributed by atoms with van der Waals surface area (Å²) in [6.45, 7) is 4.48. The topological polar surface area (TPSA) is 103 Å². The molecule has 3 aromatic rings. The smallest absolute Gasteiger partial charge is 0.357 e. The van der Waals surface area contributed by atoms with E-state index in [0.717, 1.165) is 30.6 Å². The number of unbranched alkanes of at least 4 members (excludes halogenated alkanes) is 2. The van der Waals surface area contributed by atoms with Crippen LogP contribution in [0, 0.1) is 0 Å². The minimum atomic E-state index is -0.544. The Bertz CT molecular complexity index is 1090. The number of amides is 1. The lowest BCUT2D eigenvalue weighted by atomic mass is 10.1. The van der Waals surface area contributed by atoms with Crippen LogP contribution in [0.25, 0.3) is 10.8 Å². The van der Waals surface area contributed by atoms with E-state index >= 15 is 0 Å². The number of anilines is 1. The van der Waals surface area contributed by atoms with E-state index in [1.54, 1.807) is 31.2 Å². The van der Waals surface area contributed by atoms with Gasteiger partial charge in [0.05, 0.1) is 12.0 Å². The number of carbonyl (C=O) groups excluding carboxylic acids is 2. The van der Waals surface area contributed by atoms with Gasteiger partial charge in [-0.05, 0) is 19.4 Å². The van der Waals surface area contributed by atoms with E-state index < -0.39 is 11.9 Å². The van der Waals surface area contributed by atoms with Crippen molar-refractivity contribution in [2.45, 2.75) is 39.7 Å². The summed E-state index contributed by atoms with van der Waals surface area (Å²) < 4.78 is 6.25. The number of esters is 1. The number of nitrogens with one attached hydrogen (secondary N) is 1. The second kappa shape index (κ2) is 9.42. The summed E-state index contributed by atoms with van der Waals surface area (Å²) in [6, 6.07) is 6.90. The molecule has 2 aromatic heterocycles. The van der Waals surface area contributed by atoms with Crippen LogP contribution in [0.15, 0.2) is 34.4 Å². The van der Waals surface area contributed by atoms with E-state index in [1.165, 1.54) is 10.1 Å². The molecule has 1 aromatic carbocycles. The average Bonchev–Trinajstić information content (AvgIpc) is 3.18. The molecule has 8 nitrogen and oxygen atoms in total. The van der Waals surface area contributed by atoms with Gasteiger partial charge in [0.1, 0.15) is 0 Å². The number of ether oxygens (including phenoxy) is 1. The maximum atomic E-state index is 12.9. The van der Waals surface area contributed by atoms with E-state index in [9.17, 15) is 14.4 Å². The van der Waals surface area contributed by atoms with Gasteiger partial charge < -0.3 is 4.74 Å². The van der Waals surface area contributed by atoms with Gasteiger partial charge in [-0.15, -0.1) is 11.3 Å². The molecule has 3 rings (SSSR count).